The zero-order valence-corrected chi connectivity index (χ0v) is 14.2. The van der Waals surface area contributed by atoms with Gasteiger partial charge in [0.15, 0.2) is 0 Å². The molecule has 4 heterocycles. The molecule has 6 heteroatoms. The van der Waals surface area contributed by atoms with Gasteiger partial charge in [-0.3, -0.25) is 9.69 Å². The molecule has 4 rings (SSSR count). The van der Waals surface area contributed by atoms with E-state index >= 15 is 0 Å². The second-order valence-electron chi connectivity index (χ2n) is 6.80. The van der Waals surface area contributed by atoms with Crippen molar-refractivity contribution in [1.29, 1.82) is 0 Å². The maximum absolute atomic E-state index is 12.4. The summed E-state index contributed by atoms with van der Waals surface area (Å²) >= 11 is 1.58. The summed E-state index contributed by atoms with van der Waals surface area (Å²) in [5.41, 5.74) is 0.818. The van der Waals surface area contributed by atoms with Crippen LogP contribution in [0.2, 0.25) is 0 Å². The highest BCUT2D eigenvalue weighted by atomic mass is 32.1. The van der Waals surface area contributed by atoms with E-state index < -0.39 is 0 Å². The quantitative estimate of drug-likeness (QED) is 0.826. The van der Waals surface area contributed by atoms with E-state index in [-0.39, 0.29) is 11.5 Å². The molecule has 1 aromatic rings. The van der Waals surface area contributed by atoms with Crippen LogP contribution in [0.3, 0.4) is 0 Å². The molecule has 5 nitrogen and oxygen atoms in total. The summed E-state index contributed by atoms with van der Waals surface area (Å²) in [6, 6.07) is 2.44. The van der Waals surface area contributed by atoms with Crippen molar-refractivity contribution in [2.75, 3.05) is 46.0 Å². The zero-order chi connectivity index (χ0) is 15.7. The lowest BCUT2D eigenvalue weighted by Gasteiger charge is -2.39. The van der Waals surface area contributed by atoms with Crippen LogP contribution in [-0.2, 0) is 9.47 Å². The van der Waals surface area contributed by atoms with Crippen LogP contribution >= 0.6 is 11.3 Å². The maximum Gasteiger partial charge on any atom is 0.254 e. The Morgan fingerprint density at radius 2 is 2.00 bits per heavy atom. The monoisotopic (exact) mass is 336 g/mol. The Hall–Kier alpha value is -0.950. The third-order valence-corrected chi connectivity index (χ3v) is 6.16. The van der Waals surface area contributed by atoms with Crippen LogP contribution in [-0.4, -0.2) is 73.3 Å². The highest BCUT2D eigenvalue weighted by molar-refractivity contribution is 7.08. The Morgan fingerprint density at radius 1 is 1.22 bits per heavy atom. The topological polar surface area (TPSA) is 42.0 Å². The smallest absolute Gasteiger partial charge is 0.254 e. The number of piperidine rings is 1. The number of morpholine rings is 1. The Bertz CT molecular complexity index is 534. The SMILES string of the molecule is O=C(c1ccsc1)N1CCC2(CC1)C[C@@H](N1CCOCC1)CO2. The standard InChI is InChI=1S/C17H24N2O3S/c20-16(14-1-10-23-13-14)19-4-2-17(3-5-19)11-15(12-22-17)18-6-8-21-9-7-18/h1,10,13,15H,2-9,11-12H2/t15-/m1/s1. The van der Waals surface area contributed by atoms with Crippen LogP contribution < -0.4 is 0 Å². The third-order valence-electron chi connectivity index (χ3n) is 5.48. The second-order valence-corrected chi connectivity index (χ2v) is 7.58. The van der Waals surface area contributed by atoms with Crippen molar-refractivity contribution >= 4 is 17.2 Å². The van der Waals surface area contributed by atoms with E-state index in [0.29, 0.717) is 6.04 Å². The molecule has 3 fully saturated rings. The molecule has 1 aromatic heterocycles. The van der Waals surface area contributed by atoms with Crippen LogP contribution in [0.1, 0.15) is 29.6 Å². The van der Waals surface area contributed by atoms with Crippen molar-refractivity contribution in [3.63, 3.8) is 0 Å². The number of hydrogen-bond donors (Lipinski definition) is 0. The first-order valence-corrected chi connectivity index (χ1v) is 9.47. The van der Waals surface area contributed by atoms with E-state index in [1.807, 2.05) is 21.7 Å². The van der Waals surface area contributed by atoms with Crippen molar-refractivity contribution < 1.29 is 14.3 Å². The molecule has 126 valence electrons. The Labute approximate surface area is 141 Å². The summed E-state index contributed by atoms with van der Waals surface area (Å²) in [7, 11) is 0. The summed E-state index contributed by atoms with van der Waals surface area (Å²) in [6.45, 7) is 6.17. The van der Waals surface area contributed by atoms with E-state index in [9.17, 15) is 4.79 Å². The molecule has 0 aromatic carbocycles. The summed E-state index contributed by atoms with van der Waals surface area (Å²) in [4.78, 5) is 16.9. The fourth-order valence-electron chi connectivity index (χ4n) is 4.03. The number of ether oxygens (including phenoxy) is 2. The van der Waals surface area contributed by atoms with E-state index in [4.69, 9.17) is 9.47 Å². The van der Waals surface area contributed by atoms with Crippen LogP contribution in [0.4, 0.5) is 0 Å². The summed E-state index contributed by atoms with van der Waals surface area (Å²) in [5, 5.41) is 3.90. The van der Waals surface area contributed by atoms with Gasteiger partial charge in [0.05, 0.1) is 31.0 Å². The molecule has 1 atom stereocenters. The molecule has 0 unspecified atom stereocenters. The first-order chi connectivity index (χ1) is 11.3. The molecule has 0 bridgehead atoms. The minimum absolute atomic E-state index is 0.00556. The molecule has 0 radical (unpaired) electrons. The average Bonchev–Trinajstić information content (AvgIpc) is 3.26. The molecular weight excluding hydrogens is 312 g/mol. The number of nitrogens with zero attached hydrogens (tertiary/aromatic N) is 2. The lowest BCUT2D eigenvalue weighted by atomic mass is 9.87. The summed E-state index contributed by atoms with van der Waals surface area (Å²) < 4.78 is 11.7. The molecule has 1 amide bonds. The van der Waals surface area contributed by atoms with Gasteiger partial charge >= 0.3 is 0 Å². The van der Waals surface area contributed by atoms with Crippen molar-refractivity contribution in [2.45, 2.75) is 30.9 Å². The fraction of sp³-hybridized carbons (Fsp3) is 0.706. The third kappa shape index (κ3) is 3.18. The minimum Gasteiger partial charge on any atom is -0.379 e. The summed E-state index contributed by atoms with van der Waals surface area (Å²) in [5.74, 6) is 0.170. The lowest BCUT2D eigenvalue weighted by molar-refractivity contribution is -0.0401. The predicted octanol–water partition coefficient (Wildman–Crippen LogP) is 1.84. The number of thiophene rings is 1. The van der Waals surface area contributed by atoms with Gasteiger partial charge in [-0.25, -0.2) is 0 Å². The lowest BCUT2D eigenvalue weighted by Crippen LogP contribution is -2.48. The number of carbonyl (C=O) groups is 1. The number of carbonyl (C=O) groups excluding carboxylic acids is 1. The van der Waals surface area contributed by atoms with Gasteiger partial charge in [-0.15, -0.1) is 0 Å². The van der Waals surface area contributed by atoms with Gasteiger partial charge in [-0.2, -0.15) is 11.3 Å². The highest BCUT2D eigenvalue weighted by Crippen LogP contribution is 2.38. The zero-order valence-electron chi connectivity index (χ0n) is 13.4. The van der Waals surface area contributed by atoms with E-state index in [1.54, 1.807) is 11.3 Å². The highest BCUT2D eigenvalue weighted by Gasteiger charge is 2.45. The van der Waals surface area contributed by atoms with Crippen molar-refractivity contribution in [1.82, 2.24) is 9.80 Å². The van der Waals surface area contributed by atoms with Gasteiger partial charge in [-0.1, -0.05) is 0 Å². The fourth-order valence-corrected chi connectivity index (χ4v) is 4.66. The predicted molar refractivity (Wildman–Crippen MR) is 88.9 cm³/mol. The molecule has 23 heavy (non-hydrogen) atoms. The van der Waals surface area contributed by atoms with Gasteiger partial charge in [0.1, 0.15) is 0 Å². The number of hydrogen-bond acceptors (Lipinski definition) is 5. The molecule has 0 N–H and O–H groups in total. The van der Waals surface area contributed by atoms with Gasteiger partial charge < -0.3 is 14.4 Å². The van der Waals surface area contributed by atoms with E-state index in [1.165, 1.54) is 0 Å². The van der Waals surface area contributed by atoms with Crippen molar-refractivity contribution in [2.24, 2.45) is 0 Å². The average molecular weight is 336 g/mol. The Balaban J connectivity index is 1.33. The molecule has 3 aliphatic heterocycles. The second kappa shape index (κ2) is 6.51. The molecule has 3 aliphatic rings. The molecular formula is C17H24N2O3S. The normalized spacial score (nSPS) is 28.3. The van der Waals surface area contributed by atoms with Gasteiger partial charge in [0.2, 0.25) is 0 Å². The van der Waals surface area contributed by atoms with Crippen molar-refractivity contribution in [3.8, 4) is 0 Å². The van der Waals surface area contributed by atoms with Crippen LogP contribution in [0, 0.1) is 0 Å². The van der Waals surface area contributed by atoms with Crippen LogP contribution in [0.5, 0.6) is 0 Å². The number of likely N-dealkylation sites (tertiary alicyclic amines) is 1. The Kier molecular flexibility index (Phi) is 4.41. The van der Waals surface area contributed by atoms with Crippen molar-refractivity contribution in [3.05, 3.63) is 22.4 Å². The number of amides is 1. The summed E-state index contributed by atoms with van der Waals surface area (Å²) in [6.07, 6.45) is 3.03. The Morgan fingerprint density at radius 3 is 2.70 bits per heavy atom. The van der Waals surface area contributed by atoms with Crippen LogP contribution in [0.25, 0.3) is 0 Å². The van der Waals surface area contributed by atoms with Gasteiger partial charge in [-0.05, 0) is 30.7 Å². The molecule has 3 saturated heterocycles. The molecule has 0 aliphatic carbocycles. The van der Waals surface area contributed by atoms with Gasteiger partial charge in [0, 0.05) is 37.6 Å². The first-order valence-electron chi connectivity index (χ1n) is 8.53. The largest absolute Gasteiger partial charge is 0.379 e. The van der Waals surface area contributed by atoms with Gasteiger partial charge in [0.25, 0.3) is 5.91 Å². The maximum atomic E-state index is 12.4. The molecule has 0 saturated carbocycles. The minimum atomic E-state index is -0.00556. The van der Waals surface area contributed by atoms with E-state index in [0.717, 1.165) is 70.8 Å². The molecule has 1 spiro atoms. The van der Waals surface area contributed by atoms with Crippen LogP contribution in [0.15, 0.2) is 16.8 Å². The first kappa shape index (κ1) is 15.6. The van der Waals surface area contributed by atoms with E-state index in [2.05, 4.69) is 4.90 Å². The number of rotatable bonds is 2.